The third-order valence-corrected chi connectivity index (χ3v) is 2.43. The predicted molar refractivity (Wildman–Crippen MR) is 45.5 cm³/mol. The standard InChI is InChI=1S/C9H15F2NO/c1-6(2)4-12-7(13)8(3)5-9(8,10)11/h6H,4-5H2,1-3H3,(H,12,13). The normalized spacial score (nSPS) is 30.3. The first-order valence-corrected chi connectivity index (χ1v) is 4.46. The van der Waals surface area contributed by atoms with Crippen molar-refractivity contribution in [1.82, 2.24) is 5.32 Å². The van der Waals surface area contributed by atoms with Crippen molar-refractivity contribution < 1.29 is 13.6 Å². The third kappa shape index (κ3) is 1.81. The van der Waals surface area contributed by atoms with Gasteiger partial charge in [0.15, 0.2) is 0 Å². The summed E-state index contributed by atoms with van der Waals surface area (Å²) in [6, 6.07) is 0. The molecular formula is C9H15F2NO. The van der Waals surface area contributed by atoms with E-state index in [1.165, 1.54) is 6.92 Å². The number of hydrogen-bond acceptors (Lipinski definition) is 1. The molecular weight excluding hydrogens is 176 g/mol. The second kappa shape index (κ2) is 2.93. The molecule has 1 N–H and O–H groups in total. The zero-order chi connectivity index (χ0) is 10.3. The molecule has 1 saturated carbocycles. The van der Waals surface area contributed by atoms with E-state index in [1.54, 1.807) is 0 Å². The van der Waals surface area contributed by atoms with Crippen LogP contribution in [0.25, 0.3) is 0 Å². The summed E-state index contributed by atoms with van der Waals surface area (Å²) in [5.74, 6) is -3.03. The maximum atomic E-state index is 12.7. The summed E-state index contributed by atoms with van der Waals surface area (Å²) in [5.41, 5.74) is -1.44. The molecule has 76 valence electrons. The Bertz CT molecular complexity index is 228. The lowest BCUT2D eigenvalue weighted by atomic mass is 10.1. The van der Waals surface area contributed by atoms with E-state index in [-0.39, 0.29) is 6.42 Å². The first kappa shape index (κ1) is 10.4. The molecule has 0 radical (unpaired) electrons. The van der Waals surface area contributed by atoms with Gasteiger partial charge in [0, 0.05) is 13.0 Å². The van der Waals surface area contributed by atoms with Gasteiger partial charge in [0.05, 0.1) is 0 Å². The number of halogens is 2. The first-order valence-electron chi connectivity index (χ1n) is 4.46. The Morgan fingerprint density at radius 1 is 1.54 bits per heavy atom. The van der Waals surface area contributed by atoms with Crippen molar-refractivity contribution in [2.24, 2.45) is 11.3 Å². The van der Waals surface area contributed by atoms with Crippen molar-refractivity contribution in [3.63, 3.8) is 0 Å². The number of alkyl halides is 2. The number of hydrogen-bond donors (Lipinski definition) is 1. The van der Waals surface area contributed by atoms with Crippen LogP contribution in [0.2, 0.25) is 0 Å². The number of amides is 1. The molecule has 1 fully saturated rings. The topological polar surface area (TPSA) is 29.1 Å². The fourth-order valence-corrected chi connectivity index (χ4v) is 1.14. The molecule has 0 aliphatic heterocycles. The van der Waals surface area contributed by atoms with Crippen LogP contribution in [0.15, 0.2) is 0 Å². The van der Waals surface area contributed by atoms with Crippen molar-refractivity contribution >= 4 is 5.91 Å². The molecule has 2 nitrogen and oxygen atoms in total. The Balaban J connectivity index is 2.42. The zero-order valence-electron chi connectivity index (χ0n) is 8.16. The lowest BCUT2D eigenvalue weighted by Gasteiger charge is -2.12. The Morgan fingerprint density at radius 2 is 2.00 bits per heavy atom. The summed E-state index contributed by atoms with van der Waals surface area (Å²) in [6.07, 6.45) is -0.316. The molecule has 0 aromatic heterocycles. The fraction of sp³-hybridized carbons (Fsp3) is 0.889. The largest absolute Gasteiger partial charge is 0.355 e. The Hall–Kier alpha value is -0.670. The van der Waals surface area contributed by atoms with E-state index >= 15 is 0 Å². The molecule has 13 heavy (non-hydrogen) atoms. The van der Waals surface area contributed by atoms with Gasteiger partial charge in [-0.1, -0.05) is 13.8 Å². The van der Waals surface area contributed by atoms with Gasteiger partial charge in [0.1, 0.15) is 5.41 Å². The molecule has 0 saturated heterocycles. The summed E-state index contributed by atoms with van der Waals surface area (Å²) in [7, 11) is 0. The molecule has 1 aliphatic carbocycles. The molecule has 0 spiro atoms. The van der Waals surface area contributed by atoms with Crippen molar-refractivity contribution in [3.05, 3.63) is 0 Å². The van der Waals surface area contributed by atoms with Crippen molar-refractivity contribution in [2.75, 3.05) is 6.54 Å². The molecule has 0 aromatic carbocycles. The summed E-state index contributed by atoms with van der Waals surface area (Å²) < 4.78 is 25.4. The van der Waals surface area contributed by atoms with Crippen LogP contribution in [-0.4, -0.2) is 18.4 Å². The van der Waals surface area contributed by atoms with Crippen LogP contribution in [0.4, 0.5) is 8.78 Å². The van der Waals surface area contributed by atoms with Gasteiger partial charge in [-0.3, -0.25) is 4.79 Å². The fourth-order valence-electron chi connectivity index (χ4n) is 1.14. The Labute approximate surface area is 76.7 Å². The molecule has 0 bridgehead atoms. The molecule has 0 heterocycles. The molecule has 1 rings (SSSR count). The van der Waals surface area contributed by atoms with E-state index in [0.717, 1.165) is 0 Å². The summed E-state index contributed by atoms with van der Waals surface area (Å²) in [5, 5.41) is 2.52. The van der Waals surface area contributed by atoms with Crippen LogP contribution in [0.1, 0.15) is 27.2 Å². The highest BCUT2D eigenvalue weighted by Gasteiger charge is 2.72. The highest BCUT2D eigenvalue weighted by atomic mass is 19.3. The highest BCUT2D eigenvalue weighted by Crippen LogP contribution is 2.60. The second-order valence-corrected chi connectivity index (χ2v) is 4.32. The van der Waals surface area contributed by atoms with Crippen LogP contribution >= 0.6 is 0 Å². The SMILES string of the molecule is CC(C)CNC(=O)C1(C)CC1(F)F. The van der Waals surface area contributed by atoms with Crippen molar-refractivity contribution in [3.8, 4) is 0 Å². The molecule has 1 amide bonds. The van der Waals surface area contributed by atoms with Crippen LogP contribution < -0.4 is 5.32 Å². The third-order valence-electron chi connectivity index (χ3n) is 2.43. The maximum absolute atomic E-state index is 12.7. The first-order chi connectivity index (χ1) is 5.79. The van der Waals surface area contributed by atoms with Crippen molar-refractivity contribution in [2.45, 2.75) is 33.1 Å². The minimum atomic E-state index is -2.80. The smallest absolute Gasteiger partial charge is 0.263 e. The minimum absolute atomic E-state index is 0.292. The Morgan fingerprint density at radius 3 is 2.31 bits per heavy atom. The van der Waals surface area contributed by atoms with E-state index in [2.05, 4.69) is 5.32 Å². The Kier molecular flexibility index (Phi) is 2.34. The lowest BCUT2D eigenvalue weighted by molar-refractivity contribution is -0.129. The van der Waals surface area contributed by atoms with Gasteiger partial charge in [-0.2, -0.15) is 0 Å². The summed E-state index contributed by atoms with van der Waals surface area (Å²) >= 11 is 0. The number of rotatable bonds is 3. The minimum Gasteiger partial charge on any atom is -0.355 e. The summed E-state index contributed by atoms with van der Waals surface area (Å²) in [6.45, 7) is 5.62. The monoisotopic (exact) mass is 191 g/mol. The van der Waals surface area contributed by atoms with E-state index in [1.807, 2.05) is 13.8 Å². The molecule has 4 heteroatoms. The van der Waals surface area contributed by atoms with Crippen LogP contribution in [0.3, 0.4) is 0 Å². The summed E-state index contributed by atoms with van der Waals surface area (Å²) in [4.78, 5) is 11.3. The van der Waals surface area contributed by atoms with E-state index in [9.17, 15) is 13.6 Å². The zero-order valence-corrected chi connectivity index (χ0v) is 8.16. The van der Waals surface area contributed by atoms with Crippen LogP contribution in [-0.2, 0) is 4.79 Å². The average Bonchev–Trinajstić information content (AvgIpc) is 2.48. The number of carbonyl (C=O) groups excluding carboxylic acids is 1. The maximum Gasteiger partial charge on any atom is 0.263 e. The van der Waals surface area contributed by atoms with Gasteiger partial charge in [-0.15, -0.1) is 0 Å². The molecule has 1 aliphatic rings. The average molecular weight is 191 g/mol. The van der Waals surface area contributed by atoms with Gasteiger partial charge in [0.2, 0.25) is 5.91 Å². The number of carbonyl (C=O) groups is 1. The predicted octanol–water partition coefficient (Wildman–Crippen LogP) is 1.80. The van der Waals surface area contributed by atoms with E-state index < -0.39 is 17.2 Å². The van der Waals surface area contributed by atoms with Crippen LogP contribution in [0, 0.1) is 11.3 Å². The highest BCUT2D eigenvalue weighted by molar-refractivity contribution is 5.86. The van der Waals surface area contributed by atoms with E-state index in [4.69, 9.17) is 0 Å². The van der Waals surface area contributed by atoms with Crippen molar-refractivity contribution in [1.29, 1.82) is 0 Å². The van der Waals surface area contributed by atoms with Gasteiger partial charge < -0.3 is 5.32 Å². The van der Waals surface area contributed by atoms with Crippen LogP contribution in [0.5, 0.6) is 0 Å². The quantitative estimate of drug-likeness (QED) is 0.724. The lowest BCUT2D eigenvalue weighted by Crippen LogP contribution is -2.35. The second-order valence-electron chi connectivity index (χ2n) is 4.32. The van der Waals surface area contributed by atoms with Gasteiger partial charge in [-0.05, 0) is 12.8 Å². The molecule has 0 aromatic rings. The van der Waals surface area contributed by atoms with Gasteiger partial charge in [-0.25, -0.2) is 8.78 Å². The molecule has 1 unspecified atom stereocenters. The van der Waals surface area contributed by atoms with E-state index in [0.29, 0.717) is 12.5 Å². The number of nitrogens with one attached hydrogen (secondary N) is 1. The van der Waals surface area contributed by atoms with Gasteiger partial charge in [0.25, 0.3) is 5.92 Å². The van der Waals surface area contributed by atoms with Gasteiger partial charge >= 0.3 is 0 Å². The molecule has 1 atom stereocenters.